The van der Waals surface area contributed by atoms with Gasteiger partial charge in [-0.1, -0.05) is 30.3 Å². The molecule has 0 atom stereocenters. The molecular weight excluding hydrogens is 294 g/mol. The van der Waals surface area contributed by atoms with E-state index in [-0.39, 0.29) is 5.56 Å². The highest BCUT2D eigenvalue weighted by Gasteiger charge is 2.12. The second-order valence-corrected chi connectivity index (χ2v) is 4.87. The van der Waals surface area contributed by atoms with Gasteiger partial charge in [-0.2, -0.15) is 0 Å². The van der Waals surface area contributed by atoms with Gasteiger partial charge in [0.05, 0.1) is 0 Å². The Morgan fingerprint density at radius 3 is 2.56 bits per heavy atom. The summed E-state index contributed by atoms with van der Waals surface area (Å²) in [5, 5.41) is 0. The number of carbonyl (C=O) groups excluding carboxylic acids is 1. The monoisotopic (exact) mass is 305 g/mol. The highest BCUT2D eigenvalue weighted by molar-refractivity contribution is 9.10. The van der Waals surface area contributed by atoms with Crippen molar-refractivity contribution in [2.24, 2.45) is 7.05 Å². The van der Waals surface area contributed by atoms with Crippen LogP contribution in [-0.4, -0.2) is 10.9 Å². The summed E-state index contributed by atoms with van der Waals surface area (Å²) in [6.07, 6.45) is 2.79. The number of hydrogen-bond donors (Lipinski definition) is 0. The van der Waals surface area contributed by atoms with E-state index in [0.717, 1.165) is 11.8 Å². The SMILES string of the molecule is Cn1cc(C=O)c(Br)c(Cc2ccccc2)c1=O. The first-order valence-electron chi connectivity index (χ1n) is 5.50. The third-order valence-electron chi connectivity index (χ3n) is 2.78. The van der Waals surface area contributed by atoms with Gasteiger partial charge in [0.15, 0.2) is 6.29 Å². The predicted octanol–water partition coefficient (Wildman–Crippen LogP) is 2.55. The van der Waals surface area contributed by atoms with Crippen LogP contribution in [-0.2, 0) is 13.5 Å². The summed E-state index contributed by atoms with van der Waals surface area (Å²) in [6.45, 7) is 0. The van der Waals surface area contributed by atoms with Gasteiger partial charge >= 0.3 is 0 Å². The van der Waals surface area contributed by atoms with Gasteiger partial charge in [-0.05, 0) is 21.5 Å². The van der Waals surface area contributed by atoms with Crippen molar-refractivity contribution < 1.29 is 4.79 Å². The van der Waals surface area contributed by atoms with Crippen molar-refractivity contribution in [2.45, 2.75) is 6.42 Å². The molecule has 4 heteroatoms. The van der Waals surface area contributed by atoms with Crippen molar-refractivity contribution in [3.8, 4) is 0 Å². The van der Waals surface area contributed by atoms with Gasteiger partial charge in [0.2, 0.25) is 0 Å². The second kappa shape index (κ2) is 5.31. The van der Waals surface area contributed by atoms with Crippen molar-refractivity contribution in [3.63, 3.8) is 0 Å². The summed E-state index contributed by atoms with van der Waals surface area (Å²) in [5.41, 5.74) is 2.05. The minimum Gasteiger partial charge on any atom is -0.318 e. The van der Waals surface area contributed by atoms with Gasteiger partial charge in [-0.3, -0.25) is 9.59 Å². The maximum absolute atomic E-state index is 12.1. The zero-order valence-corrected chi connectivity index (χ0v) is 11.5. The number of aldehydes is 1. The topological polar surface area (TPSA) is 39.1 Å². The smallest absolute Gasteiger partial charge is 0.254 e. The fourth-order valence-electron chi connectivity index (χ4n) is 1.84. The van der Waals surface area contributed by atoms with E-state index in [1.165, 1.54) is 10.8 Å². The predicted molar refractivity (Wildman–Crippen MR) is 74.0 cm³/mol. The Bertz CT molecular complexity index is 632. The molecular formula is C14H12BrNO2. The number of pyridine rings is 1. The van der Waals surface area contributed by atoms with Gasteiger partial charge < -0.3 is 4.57 Å². The van der Waals surface area contributed by atoms with Gasteiger partial charge in [0.1, 0.15) is 0 Å². The summed E-state index contributed by atoms with van der Waals surface area (Å²) in [6, 6.07) is 9.70. The molecule has 0 unspecified atom stereocenters. The van der Waals surface area contributed by atoms with E-state index in [9.17, 15) is 9.59 Å². The van der Waals surface area contributed by atoms with Crippen LogP contribution < -0.4 is 5.56 Å². The second-order valence-electron chi connectivity index (χ2n) is 4.07. The Balaban J connectivity index is 2.54. The summed E-state index contributed by atoms with van der Waals surface area (Å²) in [4.78, 5) is 23.0. The van der Waals surface area contributed by atoms with E-state index in [1.54, 1.807) is 7.05 Å². The van der Waals surface area contributed by atoms with Crippen molar-refractivity contribution in [1.82, 2.24) is 4.57 Å². The molecule has 0 fully saturated rings. The molecule has 0 saturated carbocycles. The first-order chi connectivity index (χ1) is 8.63. The van der Waals surface area contributed by atoms with Gasteiger partial charge in [0.25, 0.3) is 5.56 Å². The van der Waals surface area contributed by atoms with Crippen LogP contribution in [0, 0.1) is 0 Å². The summed E-state index contributed by atoms with van der Waals surface area (Å²) >= 11 is 3.34. The van der Waals surface area contributed by atoms with Crippen molar-refractivity contribution in [3.05, 3.63) is 68.0 Å². The maximum atomic E-state index is 12.1. The van der Waals surface area contributed by atoms with E-state index in [2.05, 4.69) is 15.9 Å². The lowest BCUT2D eigenvalue weighted by Gasteiger charge is -2.09. The minimum atomic E-state index is -0.0867. The quantitative estimate of drug-likeness (QED) is 0.818. The van der Waals surface area contributed by atoms with Crippen LogP contribution in [0.3, 0.4) is 0 Å². The highest BCUT2D eigenvalue weighted by atomic mass is 79.9. The molecule has 1 aromatic carbocycles. The molecule has 0 spiro atoms. The molecule has 2 aromatic rings. The molecule has 0 radical (unpaired) electrons. The fraction of sp³-hybridized carbons (Fsp3) is 0.143. The number of halogens is 1. The average molecular weight is 306 g/mol. The number of nitrogens with zero attached hydrogens (tertiary/aromatic N) is 1. The molecule has 0 saturated heterocycles. The average Bonchev–Trinajstić information content (AvgIpc) is 2.40. The molecule has 1 heterocycles. The van der Waals surface area contributed by atoms with Crippen LogP contribution in [0.1, 0.15) is 21.5 Å². The van der Waals surface area contributed by atoms with Crippen LogP contribution >= 0.6 is 15.9 Å². The van der Waals surface area contributed by atoms with Gasteiger partial charge in [-0.15, -0.1) is 0 Å². The molecule has 0 aliphatic carbocycles. The van der Waals surface area contributed by atoms with Gasteiger partial charge in [0, 0.05) is 35.3 Å². The zero-order valence-electron chi connectivity index (χ0n) is 9.89. The summed E-state index contributed by atoms with van der Waals surface area (Å²) in [5.74, 6) is 0. The van der Waals surface area contributed by atoms with Gasteiger partial charge in [-0.25, -0.2) is 0 Å². The van der Waals surface area contributed by atoms with Crippen molar-refractivity contribution >= 4 is 22.2 Å². The third-order valence-corrected chi connectivity index (χ3v) is 3.72. The Kier molecular flexibility index (Phi) is 3.77. The lowest BCUT2D eigenvalue weighted by molar-refractivity contribution is 0.112. The highest BCUT2D eigenvalue weighted by Crippen LogP contribution is 2.20. The molecule has 3 nitrogen and oxygen atoms in total. The van der Waals surface area contributed by atoms with E-state index in [1.807, 2.05) is 30.3 Å². The lowest BCUT2D eigenvalue weighted by Crippen LogP contribution is -2.22. The standard InChI is InChI=1S/C14H12BrNO2/c1-16-8-11(9-17)13(15)12(14(16)18)7-10-5-3-2-4-6-10/h2-6,8-9H,7H2,1H3. The fourth-order valence-corrected chi connectivity index (χ4v) is 2.35. The molecule has 0 N–H and O–H groups in total. The number of carbonyl (C=O) groups is 1. The molecule has 0 amide bonds. The van der Waals surface area contributed by atoms with E-state index >= 15 is 0 Å². The van der Waals surface area contributed by atoms with Crippen LogP contribution in [0.4, 0.5) is 0 Å². The largest absolute Gasteiger partial charge is 0.318 e. The van der Waals surface area contributed by atoms with Crippen LogP contribution in [0.15, 0.2) is 45.8 Å². The van der Waals surface area contributed by atoms with Crippen molar-refractivity contribution in [2.75, 3.05) is 0 Å². The molecule has 92 valence electrons. The third kappa shape index (κ3) is 2.43. The minimum absolute atomic E-state index is 0.0867. The van der Waals surface area contributed by atoms with Crippen molar-refractivity contribution in [1.29, 1.82) is 0 Å². The van der Waals surface area contributed by atoms with Crippen LogP contribution in [0.25, 0.3) is 0 Å². The van der Waals surface area contributed by atoms with E-state index in [0.29, 0.717) is 22.0 Å². The first kappa shape index (κ1) is 12.8. The Morgan fingerprint density at radius 1 is 1.28 bits per heavy atom. The zero-order chi connectivity index (χ0) is 13.1. The first-order valence-corrected chi connectivity index (χ1v) is 6.30. The number of hydrogen-bond acceptors (Lipinski definition) is 2. The molecule has 0 aliphatic rings. The number of rotatable bonds is 3. The molecule has 2 rings (SSSR count). The van der Waals surface area contributed by atoms with E-state index in [4.69, 9.17) is 0 Å². The number of benzene rings is 1. The van der Waals surface area contributed by atoms with Crippen LogP contribution in [0.5, 0.6) is 0 Å². The number of aryl methyl sites for hydroxylation is 1. The molecule has 1 aromatic heterocycles. The Hall–Kier alpha value is -1.68. The Morgan fingerprint density at radius 2 is 1.94 bits per heavy atom. The van der Waals surface area contributed by atoms with Crippen LogP contribution in [0.2, 0.25) is 0 Å². The normalized spacial score (nSPS) is 10.3. The maximum Gasteiger partial charge on any atom is 0.254 e. The number of aromatic nitrogens is 1. The molecule has 18 heavy (non-hydrogen) atoms. The molecule has 0 aliphatic heterocycles. The lowest BCUT2D eigenvalue weighted by atomic mass is 10.1. The van der Waals surface area contributed by atoms with E-state index < -0.39 is 0 Å². The summed E-state index contributed by atoms with van der Waals surface area (Å²) in [7, 11) is 1.65. The molecule has 0 bridgehead atoms. The summed E-state index contributed by atoms with van der Waals surface area (Å²) < 4.78 is 2.02. The Labute approximate surface area is 113 Å².